The Morgan fingerprint density at radius 1 is 1.39 bits per heavy atom. The van der Waals surface area contributed by atoms with E-state index in [0.29, 0.717) is 0 Å². The van der Waals surface area contributed by atoms with Crippen molar-refractivity contribution in [3.8, 4) is 0 Å². The number of carbonyl (C=O) groups is 2. The molecule has 0 bridgehead atoms. The van der Waals surface area contributed by atoms with Crippen LogP contribution in [-0.4, -0.2) is 53.6 Å². The van der Waals surface area contributed by atoms with Crippen LogP contribution in [-0.2, 0) is 14.3 Å². The number of nitrogens with one attached hydrogen (secondary N) is 2. The predicted molar refractivity (Wildman–Crippen MR) is 74.1 cm³/mol. The van der Waals surface area contributed by atoms with Crippen LogP contribution in [0.5, 0.6) is 0 Å². The predicted octanol–water partition coefficient (Wildman–Crippen LogP) is -0.428. The van der Waals surface area contributed by atoms with Crippen LogP contribution >= 0.6 is 24.4 Å². The molecule has 0 aromatic heterocycles. The standard InChI is InChI=1S/C10H15N3O3S2/c1-11-7(17)10(8(15)16-3)5-4-6(14)13(10)9(18)12-2/h4-5H2,1-3H3,(H,11,17)(H,12,18). The Morgan fingerprint density at radius 2 is 2.00 bits per heavy atom. The first-order chi connectivity index (χ1) is 8.45. The number of likely N-dealkylation sites (N-methyl/N-ethyl adjacent to an activating group) is 1. The fourth-order valence-electron chi connectivity index (χ4n) is 2.00. The number of amides is 1. The van der Waals surface area contributed by atoms with E-state index in [-0.39, 0.29) is 28.8 Å². The van der Waals surface area contributed by atoms with Crippen LogP contribution < -0.4 is 10.6 Å². The fourth-order valence-corrected chi connectivity index (χ4v) is 2.53. The molecule has 18 heavy (non-hydrogen) atoms. The van der Waals surface area contributed by atoms with Crippen molar-refractivity contribution in [2.75, 3.05) is 21.2 Å². The van der Waals surface area contributed by atoms with Gasteiger partial charge in [-0.2, -0.15) is 0 Å². The molecule has 2 N–H and O–H groups in total. The maximum atomic E-state index is 12.1. The van der Waals surface area contributed by atoms with Gasteiger partial charge in [0.1, 0.15) is 4.99 Å². The number of methoxy groups -OCH3 is 1. The van der Waals surface area contributed by atoms with Crippen molar-refractivity contribution in [2.24, 2.45) is 0 Å². The maximum absolute atomic E-state index is 12.1. The number of nitrogens with zero attached hydrogens (tertiary/aromatic N) is 1. The average molecular weight is 289 g/mol. The van der Waals surface area contributed by atoms with Gasteiger partial charge in [0.15, 0.2) is 10.7 Å². The SMILES string of the molecule is CNC(=S)N1C(=O)CCC1(C(=O)OC)C(=S)NC. The van der Waals surface area contributed by atoms with Gasteiger partial charge in [0, 0.05) is 20.5 Å². The van der Waals surface area contributed by atoms with Crippen molar-refractivity contribution in [2.45, 2.75) is 18.4 Å². The highest BCUT2D eigenvalue weighted by atomic mass is 32.1. The minimum Gasteiger partial charge on any atom is -0.467 e. The van der Waals surface area contributed by atoms with E-state index >= 15 is 0 Å². The second-order valence-corrected chi connectivity index (χ2v) is 4.51. The number of esters is 1. The Balaban J connectivity index is 3.32. The third-order valence-corrected chi connectivity index (χ3v) is 3.80. The summed E-state index contributed by atoms with van der Waals surface area (Å²) in [6.45, 7) is 0. The highest BCUT2D eigenvalue weighted by Gasteiger charge is 2.56. The Labute approximate surface area is 116 Å². The zero-order chi connectivity index (χ0) is 13.9. The summed E-state index contributed by atoms with van der Waals surface area (Å²) in [4.78, 5) is 25.4. The molecule has 0 aliphatic carbocycles. The Kier molecular flexibility index (Phi) is 4.58. The molecule has 1 saturated heterocycles. The van der Waals surface area contributed by atoms with Gasteiger partial charge < -0.3 is 15.4 Å². The Morgan fingerprint density at radius 3 is 2.44 bits per heavy atom. The van der Waals surface area contributed by atoms with E-state index in [1.807, 2.05) is 0 Å². The van der Waals surface area contributed by atoms with Gasteiger partial charge in [-0.15, -0.1) is 0 Å². The molecule has 0 spiro atoms. The molecule has 6 nitrogen and oxygen atoms in total. The van der Waals surface area contributed by atoms with Crippen LogP contribution in [0.4, 0.5) is 0 Å². The van der Waals surface area contributed by atoms with Crippen molar-refractivity contribution >= 4 is 46.4 Å². The maximum Gasteiger partial charge on any atom is 0.339 e. The summed E-state index contributed by atoms with van der Waals surface area (Å²) in [5.74, 6) is -0.845. The third-order valence-electron chi connectivity index (χ3n) is 2.87. The number of hydrogen-bond donors (Lipinski definition) is 2. The van der Waals surface area contributed by atoms with Gasteiger partial charge in [-0.1, -0.05) is 12.2 Å². The van der Waals surface area contributed by atoms with Gasteiger partial charge in [0.2, 0.25) is 5.91 Å². The number of ether oxygens (including phenoxy) is 1. The molecule has 1 aliphatic rings. The van der Waals surface area contributed by atoms with Crippen LogP contribution in [0.15, 0.2) is 0 Å². The van der Waals surface area contributed by atoms with Crippen molar-refractivity contribution in [3.05, 3.63) is 0 Å². The molecule has 1 fully saturated rings. The van der Waals surface area contributed by atoms with E-state index in [1.54, 1.807) is 14.1 Å². The summed E-state index contributed by atoms with van der Waals surface area (Å²) in [6.07, 6.45) is 0.443. The van der Waals surface area contributed by atoms with E-state index in [1.165, 1.54) is 12.0 Å². The molecule has 0 radical (unpaired) electrons. The van der Waals surface area contributed by atoms with Crippen LogP contribution in [0.2, 0.25) is 0 Å². The summed E-state index contributed by atoms with van der Waals surface area (Å²) in [6, 6.07) is 0. The molecule has 0 saturated carbocycles. The molecule has 1 aliphatic heterocycles. The molecule has 1 unspecified atom stereocenters. The number of likely N-dealkylation sites (tertiary alicyclic amines) is 1. The average Bonchev–Trinajstić information content (AvgIpc) is 2.74. The van der Waals surface area contributed by atoms with Gasteiger partial charge in [-0.25, -0.2) is 4.79 Å². The molecule has 1 heterocycles. The monoisotopic (exact) mass is 289 g/mol. The summed E-state index contributed by atoms with van der Waals surface area (Å²) >= 11 is 10.2. The molecule has 0 aromatic rings. The van der Waals surface area contributed by atoms with Crippen LogP contribution in [0.1, 0.15) is 12.8 Å². The molecular formula is C10H15N3O3S2. The molecule has 100 valence electrons. The lowest BCUT2D eigenvalue weighted by atomic mass is 9.96. The molecule has 1 rings (SSSR count). The Bertz CT molecular complexity index is 395. The highest BCUT2D eigenvalue weighted by molar-refractivity contribution is 7.81. The first-order valence-electron chi connectivity index (χ1n) is 5.31. The van der Waals surface area contributed by atoms with Crippen LogP contribution in [0.3, 0.4) is 0 Å². The van der Waals surface area contributed by atoms with Gasteiger partial charge in [-0.05, 0) is 18.6 Å². The van der Waals surface area contributed by atoms with E-state index in [2.05, 4.69) is 10.6 Å². The topological polar surface area (TPSA) is 70.7 Å². The van der Waals surface area contributed by atoms with Gasteiger partial charge in [-0.3, -0.25) is 9.69 Å². The molecule has 8 heteroatoms. The highest BCUT2D eigenvalue weighted by Crippen LogP contribution is 2.32. The summed E-state index contributed by atoms with van der Waals surface area (Å²) < 4.78 is 4.79. The zero-order valence-electron chi connectivity index (χ0n) is 10.4. The van der Waals surface area contributed by atoms with E-state index < -0.39 is 11.5 Å². The largest absolute Gasteiger partial charge is 0.467 e. The minimum atomic E-state index is -1.34. The lowest BCUT2D eigenvalue weighted by Gasteiger charge is -2.35. The molecule has 1 amide bonds. The quantitative estimate of drug-likeness (QED) is 0.528. The number of carbonyl (C=O) groups excluding carboxylic acids is 2. The third kappa shape index (κ3) is 2.05. The van der Waals surface area contributed by atoms with Crippen LogP contribution in [0, 0.1) is 0 Å². The summed E-state index contributed by atoms with van der Waals surface area (Å²) in [5.41, 5.74) is -1.34. The first-order valence-corrected chi connectivity index (χ1v) is 6.12. The fraction of sp³-hybridized carbons (Fsp3) is 0.600. The first kappa shape index (κ1) is 14.8. The second-order valence-electron chi connectivity index (χ2n) is 3.72. The number of rotatable bonds is 2. The number of thiocarbonyl (C=S) groups is 2. The minimum absolute atomic E-state index is 0.153. The molecule has 1 atom stereocenters. The van der Waals surface area contributed by atoms with Crippen molar-refractivity contribution in [1.82, 2.24) is 15.5 Å². The zero-order valence-corrected chi connectivity index (χ0v) is 12.0. The summed E-state index contributed by atoms with van der Waals surface area (Å²) in [7, 11) is 4.43. The van der Waals surface area contributed by atoms with Gasteiger partial charge >= 0.3 is 5.97 Å². The molecular weight excluding hydrogens is 274 g/mol. The second kappa shape index (κ2) is 5.57. The van der Waals surface area contributed by atoms with Crippen molar-refractivity contribution in [1.29, 1.82) is 0 Å². The Hall–Kier alpha value is -1.28. The van der Waals surface area contributed by atoms with E-state index in [9.17, 15) is 9.59 Å². The van der Waals surface area contributed by atoms with Gasteiger partial charge in [0.05, 0.1) is 7.11 Å². The van der Waals surface area contributed by atoms with E-state index in [4.69, 9.17) is 29.2 Å². The van der Waals surface area contributed by atoms with Gasteiger partial charge in [0.25, 0.3) is 0 Å². The van der Waals surface area contributed by atoms with Crippen molar-refractivity contribution in [3.63, 3.8) is 0 Å². The van der Waals surface area contributed by atoms with Crippen molar-refractivity contribution < 1.29 is 14.3 Å². The smallest absolute Gasteiger partial charge is 0.339 e. The molecule has 0 aromatic carbocycles. The van der Waals surface area contributed by atoms with Crippen LogP contribution in [0.25, 0.3) is 0 Å². The normalized spacial score (nSPS) is 22.6. The lowest BCUT2D eigenvalue weighted by molar-refractivity contribution is -0.149. The van der Waals surface area contributed by atoms with E-state index in [0.717, 1.165) is 0 Å². The lowest BCUT2D eigenvalue weighted by Crippen LogP contribution is -2.63. The number of hydrogen-bond acceptors (Lipinski definition) is 5. The summed E-state index contributed by atoms with van der Waals surface area (Å²) in [5, 5.41) is 5.59.